The molecule has 0 aliphatic carbocycles. The van der Waals surface area contributed by atoms with Crippen molar-refractivity contribution in [3.63, 3.8) is 0 Å². The van der Waals surface area contributed by atoms with Gasteiger partial charge in [-0.2, -0.15) is 5.26 Å². The molecule has 1 amide bonds. The second-order valence-corrected chi connectivity index (χ2v) is 5.60. The summed E-state index contributed by atoms with van der Waals surface area (Å²) in [7, 11) is 0. The molecule has 1 aromatic heterocycles. The van der Waals surface area contributed by atoms with Gasteiger partial charge in [0.25, 0.3) is 0 Å². The van der Waals surface area contributed by atoms with Crippen LogP contribution in [0.3, 0.4) is 0 Å². The first kappa shape index (κ1) is 14.7. The Morgan fingerprint density at radius 3 is 2.91 bits per heavy atom. The Balaban J connectivity index is 1.68. The molecule has 0 N–H and O–H groups in total. The van der Waals surface area contributed by atoms with Gasteiger partial charge in [-0.25, -0.2) is 9.97 Å². The molecule has 3 rings (SSSR count). The molecule has 1 atom stereocenters. The van der Waals surface area contributed by atoms with Crippen LogP contribution < -0.4 is 4.90 Å². The van der Waals surface area contributed by atoms with Gasteiger partial charge >= 0.3 is 0 Å². The Morgan fingerprint density at radius 1 is 1.32 bits per heavy atom. The Labute approximate surface area is 129 Å². The summed E-state index contributed by atoms with van der Waals surface area (Å²) in [5, 5.41) is 8.94. The highest BCUT2D eigenvalue weighted by Crippen LogP contribution is 2.23. The molecule has 0 aromatic carbocycles. The molecule has 0 spiro atoms. The standard InChI is InChI=1S/C15H19N5O2/c16-9-13-8-14(18-11-17-13)20-3-1-2-12(10-20)15(21)19-4-6-22-7-5-19/h8,11-12H,1-7,10H2/t12-/m0/s1. The molecule has 2 fully saturated rings. The lowest BCUT2D eigenvalue weighted by Gasteiger charge is -2.36. The predicted molar refractivity (Wildman–Crippen MR) is 79.1 cm³/mol. The van der Waals surface area contributed by atoms with Crippen molar-refractivity contribution in [2.24, 2.45) is 5.92 Å². The zero-order valence-electron chi connectivity index (χ0n) is 12.4. The Bertz CT molecular complexity index is 580. The Kier molecular flexibility index (Phi) is 4.49. The fourth-order valence-corrected chi connectivity index (χ4v) is 3.01. The quantitative estimate of drug-likeness (QED) is 0.787. The highest BCUT2D eigenvalue weighted by molar-refractivity contribution is 5.79. The number of rotatable bonds is 2. The van der Waals surface area contributed by atoms with Crippen molar-refractivity contribution >= 4 is 11.7 Å². The number of ether oxygens (including phenoxy) is 1. The molecule has 116 valence electrons. The highest BCUT2D eigenvalue weighted by Gasteiger charge is 2.30. The summed E-state index contributed by atoms with van der Waals surface area (Å²) in [5.74, 6) is 0.931. The van der Waals surface area contributed by atoms with Crippen LogP contribution in [0.15, 0.2) is 12.4 Å². The SMILES string of the molecule is N#Cc1cc(N2CCC[C@H](C(=O)N3CCOCC3)C2)ncn1. The lowest BCUT2D eigenvalue weighted by Crippen LogP contribution is -2.48. The van der Waals surface area contributed by atoms with E-state index in [1.54, 1.807) is 6.07 Å². The van der Waals surface area contributed by atoms with E-state index >= 15 is 0 Å². The van der Waals surface area contributed by atoms with Crippen LogP contribution in [0.4, 0.5) is 5.82 Å². The molecule has 0 bridgehead atoms. The third kappa shape index (κ3) is 3.17. The third-order valence-electron chi connectivity index (χ3n) is 4.18. The molecule has 1 aromatic rings. The molecule has 22 heavy (non-hydrogen) atoms. The van der Waals surface area contributed by atoms with Crippen LogP contribution in [-0.2, 0) is 9.53 Å². The molecule has 2 aliphatic rings. The van der Waals surface area contributed by atoms with Crippen molar-refractivity contribution in [3.8, 4) is 6.07 Å². The van der Waals surface area contributed by atoms with E-state index in [9.17, 15) is 4.79 Å². The lowest BCUT2D eigenvalue weighted by molar-refractivity contribution is -0.139. The molecular weight excluding hydrogens is 282 g/mol. The van der Waals surface area contributed by atoms with Gasteiger partial charge in [-0.3, -0.25) is 4.79 Å². The largest absolute Gasteiger partial charge is 0.378 e. The molecule has 0 saturated carbocycles. The fraction of sp³-hybridized carbons (Fsp3) is 0.600. The van der Waals surface area contributed by atoms with Gasteiger partial charge in [0.15, 0.2) is 0 Å². The molecule has 0 radical (unpaired) electrons. The van der Waals surface area contributed by atoms with Gasteiger partial charge in [0.2, 0.25) is 5.91 Å². The van der Waals surface area contributed by atoms with Gasteiger partial charge < -0.3 is 14.5 Å². The van der Waals surface area contributed by atoms with E-state index in [1.807, 2.05) is 11.0 Å². The van der Waals surface area contributed by atoms with E-state index in [1.165, 1.54) is 6.33 Å². The number of hydrogen-bond donors (Lipinski definition) is 0. The van der Waals surface area contributed by atoms with Crippen LogP contribution in [-0.4, -0.2) is 60.2 Å². The van der Waals surface area contributed by atoms with E-state index in [0.29, 0.717) is 38.5 Å². The van der Waals surface area contributed by atoms with E-state index in [-0.39, 0.29) is 11.8 Å². The summed E-state index contributed by atoms with van der Waals surface area (Å²) in [5.41, 5.74) is 0.353. The second kappa shape index (κ2) is 6.71. The Morgan fingerprint density at radius 2 is 2.14 bits per heavy atom. The maximum Gasteiger partial charge on any atom is 0.227 e. The number of morpholine rings is 1. The average molecular weight is 301 g/mol. The molecule has 0 unspecified atom stereocenters. The normalized spacial score (nSPS) is 22.2. The molecule has 2 saturated heterocycles. The number of hydrogen-bond acceptors (Lipinski definition) is 6. The van der Waals surface area contributed by atoms with Crippen LogP contribution in [0.1, 0.15) is 18.5 Å². The van der Waals surface area contributed by atoms with E-state index < -0.39 is 0 Å². The number of nitrogens with zero attached hydrogens (tertiary/aromatic N) is 5. The minimum absolute atomic E-state index is 0.00708. The minimum atomic E-state index is -0.00708. The highest BCUT2D eigenvalue weighted by atomic mass is 16.5. The topological polar surface area (TPSA) is 82.4 Å². The third-order valence-corrected chi connectivity index (χ3v) is 4.18. The van der Waals surface area contributed by atoms with E-state index in [4.69, 9.17) is 10.00 Å². The minimum Gasteiger partial charge on any atom is -0.378 e. The van der Waals surface area contributed by atoms with Crippen LogP contribution in [0.5, 0.6) is 0 Å². The van der Waals surface area contributed by atoms with Crippen LogP contribution in [0.25, 0.3) is 0 Å². The first-order chi connectivity index (χ1) is 10.8. The number of nitriles is 1. The lowest BCUT2D eigenvalue weighted by atomic mass is 9.96. The van der Waals surface area contributed by atoms with Crippen molar-refractivity contribution in [3.05, 3.63) is 18.1 Å². The van der Waals surface area contributed by atoms with Crippen molar-refractivity contribution < 1.29 is 9.53 Å². The van der Waals surface area contributed by atoms with Crippen molar-refractivity contribution in [2.45, 2.75) is 12.8 Å². The van der Waals surface area contributed by atoms with Crippen molar-refractivity contribution in [2.75, 3.05) is 44.3 Å². The zero-order valence-corrected chi connectivity index (χ0v) is 12.4. The summed E-state index contributed by atoms with van der Waals surface area (Å²) >= 11 is 0. The van der Waals surface area contributed by atoms with Gasteiger partial charge in [0, 0.05) is 32.2 Å². The summed E-state index contributed by atoms with van der Waals surface area (Å²) in [6.45, 7) is 4.12. The fourth-order valence-electron chi connectivity index (χ4n) is 3.01. The number of anilines is 1. The number of carbonyl (C=O) groups excluding carboxylic acids is 1. The number of amides is 1. The van der Waals surface area contributed by atoms with Crippen LogP contribution >= 0.6 is 0 Å². The first-order valence-electron chi connectivity index (χ1n) is 7.61. The van der Waals surface area contributed by atoms with Crippen molar-refractivity contribution in [1.82, 2.24) is 14.9 Å². The number of aromatic nitrogens is 2. The van der Waals surface area contributed by atoms with Gasteiger partial charge in [-0.05, 0) is 12.8 Å². The number of piperidine rings is 1. The van der Waals surface area contributed by atoms with E-state index in [2.05, 4.69) is 14.9 Å². The maximum atomic E-state index is 12.6. The van der Waals surface area contributed by atoms with Crippen LogP contribution in [0.2, 0.25) is 0 Å². The van der Waals surface area contributed by atoms with Gasteiger partial charge in [0.1, 0.15) is 23.9 Å². The molecule has 7 heteroatoms. The van der Waals surface area contributed by atoms with Gasteiger partial charge in [0.05, 0.1) is 19.1 Å². The monoisotopic (exact) mass is 301 g/mol. The van der Waals surface area contributed by atoms with E-state index in [0.717, 1.165) is 25.2 Å². The predicted octanol–water partition coefficient (Wildman–Crippen LogP) is 0.423. The number of carbonyl (C=O) groups is 1. The average Bonchev–Trinajstić information content (AvgIpc) is 2.62. The zero-order chi connectivity index (χ0) is 15.4. The summed E-state index contributed by atoms with van der Waals surface area (Å²) in [6, 6.07) is 3.71. The summed E-state index contributed by atoms with van der Waals surface area (Å²) in [6.07, 6.45) is 3.26. The summed E-state index contributed by atoms with van der Waals surface area (Å²) in [4.78, 5) is 24.7. The van der Waals surface area contributed by atoms with Gasteiger partial charge in [-0.15, -0.1) is 0 Å². The first-order valence-corrected chi connectivity index (χ1v) is 7.61. The van der Waals surface area contributed by atoms with Crippen LogP contribution in [0, 0.1) is 17.2 Å². The molecular formula is C15H19N5O2. The summed E-state index contributed by atoms with van der Waals surface area (Å²) < 4.78 is 5.30. The smallest absolute Gasteiger partial charge is 0.227 e. The molecule has 7 nitrogen and oxygen atoms in total. The molecule has 2 aliphatic heterocycles. The second-order valence-electron chi connectivity index (χ2n) is 5.60. The Hall–Kier alpha value is -2.20. The maximum absolute atomic E-state index is 12.6. The van der Waals surface area contributed by atoms with Gasteiger partial charge in [-0.1, -0.05) is 0 Å². The van der Waals surface area contributed by atoms with Crippen molar-refractivity contribution in [1.29, 1.82) is 5.26 Å². The molecule has 3 heterocycles.